The molecule has 4 heteroatoms. The van der Waals surface area contributed by atoms with E-state index in [0.717, 1.165) is 19.6 Å². The molecular formula is C36H33N4+3. The van der Waals surface area contributed by atoms with Gasteiger partial charge in [-0.3, -0.25) is 4.98 Å². The molecule has 4 aromatic heterocycles. The maximum Gasteiger partial charge on any atom is 0.173 e. The van der Waals surface area contributed by atoms with Gasteiger partial charge in [-0.1, -0.05) is 48.0 Å². The summed E-state index contributed by atoms with van der Waals surface area (Å²) in [5, 5.41) is 0. The number of aryl methyl sites for hydroxylation is 1. The Labute approximate surface area is 236 Å². The molecule has 0 saturated carbocycles. The van der Waals surface area contributed by atoms with E-state index in [-0.39, 0.29) is 0 Å². The molecule has 0 saturated heterocycles. The number of pyridine rings is 4. The summed E-state index contributed by atoms with van der Waals surface area (Å²) in [6.07, 6.45) is 16.6. The zero-order chi connectivity index (χ0) is 27.1. The highest BCUT2D eigenvalue weighted by atomic mass is 14.9. The molecule has 0 amide bonds. The maximum atomic E-state index is 4.11. The molecule has 6 aromatic rings. The van der Waals surface area contributed by atoms with Crippen LogP contribution in [-0.4, -0.2) is 4.98 Å². The number of benzene rings is 2. The van der Waals surface area contributed by atoms with Crippen molar-refractivity contribution in [3.05, 3.63) is 169 Å². The lowest BCUT2D eigenvalue weighted by Crippen LogP contribution is -2.34. The normalized spacial score (nSPS) is 10.9. The van der Waals surface area contributed by atoms with Crippen molar-refractivity contribution in [2.75, 3.05) is 0 Å². The predicted octanol–water partition coefficient (Wildman–Crippen LogP) is 5.73. The molecule has 0 unspecified atom stereocenters. The van der Waals surface area contributed by atoms with Gasteiger partial charge in [0.2, 0.25) is 0 Å². The van der Waals surface area contributed by atoms with Crippen molar-refractivity contribution in [2.24, 2.45) is 0 Å². The zero-order valence-electron chi connectivity index (χ0n) is 22.8. The standard InChI is InChI=1S/C36H33N4/c1-29-5-7-30(8-6-29)26-38-19-13-35(14-20-38)36-15-23-40(24-16-36)28-32-4-2-3-31(25-32)27-39-21-11-34(12-22-39)33-9-17-37-18-10-33/h2-25H,26-28H2,1H3/q+3. The third-order valence-electron chi connectivity index (χ3n) is 7.23. The highest BCUT2D eigenvalue weighted by Crippen LogP contribution is 2.17. The molecule has 40 heavy (non-hydrogen) atoms. The smallest absolute Gasteiger partial charge is 0.173 e. The maximum absolute atomic E-state index is 4.11. The summed E-state index contributed by atoms with van der Waals surface area (Å²) in [4.78, 5) is 4.11. The minimum Gasteiger partial charge on any atom is -0.265 e. The predicted molar refractivity (Wildman–Crippen MR) is 157 cm³/mol. The highest BCUT2D eigenvalue weighted by Gasteiger charge is 2.10. The Balaban J connectivity index is 1.08. The van der Waals surface area contributed by atoms with E-state index in [4.69, 9.17) is 0 Å². The fraction of sp³-hybridized carbons (Fsp3) is 0.111. The fourth-order valence-corrected chi connectivity index (χ4v) is 4.96. The molecule has 0 bridgehead atoms. The third kappa shape index (κ3) is 6.36. The molecule has 4 heterocycles. The van der Waals surface area contributed by atoms with Gasteiger partial charge in [0.25, 0.3) is 0 Å². The lowest BCUT2D eigenvalue weighted by molar-refractivity contribution is -0.689. The van der Waals surface area contributed by atoms with Gasteiger partial charge in [0.05, 0.1) is 0 Å². The largest absolute Gasteiger partial charge is 0.265 e. The average Bonchev–Trinajstić information content (AvgIpc) is 3.00. The van der Waals surface area contributed by atoms with Crippen molar-refractivity contribution < 1.29 is 13.7 Å². The van der Waals surface area contributed by atoms with Crippen LogP contribution in [0, 0.1) is 6.92 Å². The van der Waals surface area contributed by atoms with E-state index in [0.29, 0.717) is 0 Å². The van der Waals surface area contributed by atoms with E-state index in [2.05, 4.69) is 148 Å². The zero-order valence-corrected chi connectivity index (χ0v) is 22.8. The van der Waals surface area contributed by atoms with Crippen molar-refractivity contribution in [2.45, 2.75) is 26.6 Å². The van der Waals surface area contributed by atoms with Gasteiger partial charge >= 0.3 is 0 Å². The molecule has 0 radical (unpaired) electrons. The average molecular weight is 522 g/mol. The van der Waals surface area contributed by atoms with Crippen molar-refractivity contribution in [3.8, 4) is 22.3 Å². The van der Waals surface area contributed by atoms with Crippen LogP contribution in [0.4, 0.5) is 0 Å². The number of hydrogen-bond acceptors (Lipinski definition) is 1. The van der Waals surface area contributed by atoms with Gasteiger partial charge in [0.15, 0.2) is 56.8 Å². The van der Waals surface area contributed by atoms with Crippen LogP contribution in [0.2, 0.25) is 0 Å². The Morgan fingerprint density at radius 1 is 0.450 bits per heavy atom. The van der Waals surface area contributed by atoms with Crippen LogP contribution in [0.3, 0.4) is 0 Å². The summed E-state index contributed by atoms with van der Waals surface area (Å²) in [6.45, 7) is 4.68. The van der Waals surface area contributed by atoms with Gasteiger partial charge in [-0.25, -0.2) is 13.7 Å². The van der Waals surface area contributed by atoms with Crippen LogP contribution >= 0.6 is 0 Å². The second-order valence-corrected chi connectivity index (χ2v) is 10.3. The van der Waals surface area contributed by atoms with Crippen molar-refractivity contribution >= 4 is 0 Å². The lowest BCUT2D eigenvalue weighted by atomic mass is 10.1. The molecule has 0 N–H and O–H groups in total. The first-order chi connectivity index (χ1) is 19.7. The van der Waals surface area contributed by atoms with Crippen molar-refractivity contribution in [1.29, 1.82) is 0 Å². The van der Waals surface area contributed by atoms with E-state index >= 15 is 0 Å². The summed E-state index contributed by atoms with van der Waals surface area (Å²) < 4.78 is 6.67. The van der Waals surface area contributed by atoms with E-state index in [9.17, 15) is 0 Å². The highest BCUT2D eigenvalue weighted by molar-refractivity contribution is 5.61. The molecule has 6 rings (SSSR count). The van der Waals surface area contributed by atoms with Crippen LogP contribution in [0.25, 0.3) is 22.3 Å². The van der Waals surface area contributed by atoms with Crippen LogP contribution in [0.1, 0.15) is 22.3 Å². The molecule has 194 valence electrons. The minimum absolute atomic E-state index is 0.838. The number of aromatic nitrogens is 4. The van der Waals surface area contributed by atoms with Crippen LogP contribution in [0.15, 0.2) is 147 Å². The summed E-state index contributed by atoms with van der Waals surface area (Å²) >= 11 is 0. The quantitative estimate of drug-likeness (QED) is 0.235. The Bertz CT molecular complexity index is 1670. The third-order valence-corrected chi connectivity index (χ3v) is 7.23. The van der Waals surface area contributed by atoms with Crippen molar-refractivity contribution in [3.63, 3.8) is 0 Å². The Morgan fingerprint density at radius 3 is 1.30 bits per heavy atom. The molecular weight excluding hydrogens is 488 g/mol. The van der Waals surface area contributed by atoms with Gasteiger partial charge in [-0.05, 0) is 47.4 Å². The van der Waals surface area contributed by atoms with Gasteiger partial charge in [0, 0.05) is 65.5 Å². The molecule has 4 nitrogen and oxygen atoms in total. The topological polar surface area (TPSA) is 24.5 Å². The number of hydrogen-bond donors (Lipinski definition) is 0. The summed E-state index contributed by atoms with van der Waals surface area (Å²) in [5.41, 5.74) is 10.0. The Hall–Kier alpha value is -4.96. The van der Waals surface area contributed by atoms with Crippen LogP contribution in [-0.2, 0) is 19.6 Å². The van der Waals surface area contributed by atoms with E-state index in [1.54, 1.807) is 0 Å². The van der Waals surface area contributed by atoms with Gasteiger partial charge < -0.3 is 0 Å². The van der Waals surface area contributed by atoms with Gasteiger partial charge in [0.1, 0.15) is 0 Å². The molecule has 0 aliphatic heterocycles. The second-order valence-electron chi connectivity index (χ2n) is 10.3. The van der Waals surface area contributed by atoms with Crippen molar-refractivity contribution in [1.82, 2.24) is 4.98 Å². The first kappa shape index (κ1) is 25.3. The lowest BCUT2D eigenvalue weighted by Gasteiger charge is -2.04. The molecule has 2 aromatic carbocycles. The SMILES string of the molecule is Cc1ccc(C[n+]2ccc(-c3cc[n+](Cc4cccc(C[n+]5ccc(-c6ccncc6)cc5)c4)cc3)cc2)cc1. The van der Waals surface area contributed by atoms with Crippen LogP contribution in [0.5, 0.6) is 0 Å². The molecule has 0 aliphatic carbocycles. The number of rotatable bonds is 8. The Morgan fingerprint density at radius 2 is 0.850 bits per heavy atom. The van der Waals surface area contributed by atoms with E-state index in [1.807, 2.05) is 24.5 Å². The molecule has 0 atom stereocenters. The minimum atomic E-state index is 0.838. The van der Waals surface area contributed by atoms with E-state index < -0.39 is 0 Å². The molecule has 0 aliphatic rings. The Kier molecular flexibility index (Phi) is 7.49. The van der Waals surface area contributed by atoms with Gasteiger partial charge in [-0.15, -0.1) is 0 Å². The molecule has 0 fully saturated rings. The summed E-state index contributed by atoms with van der Waals surface area (Å²) in [5.74, 6) is 0. The van der Waals surface area contributed by atoms with E-state index in [1.165, 1.54) is 44.5 Å². The second kappa shape index (κ2) is 11.8. The number of nitrogens with zero attached hydrogens (tertiary/aromatic N) is 4. The molecule has 0 spiro atoms. The van der Waals surface area contributed by atoms with Crippen LogP contribution < -0.4 is 13.7 Å². The first-order valence-electron chi connectivity index (χ1n) is 13.7. The summed E-state index contributed by atoms with van der Waals surface area (Å²) in [6, 6.07) is 34.8. The first-order valence-corrected chi connectivity index (χ1v) is 13.7. The monoisotopic (exact) mass is 521 g/mol. The summed E-state index contributed by atoms with van der Waals surface area (Å²) in [7, 11) is 0. The fourth-order valence-electron chi connectivity index (χ4n) is 4.96. The van der Waals surface area contributed by atoms with Gasteiger partial charge in [-0.2, -0.15) is 0 Å².